The number of carbonyl (C=O) groups excluding carboxylic acids is 1. The van der Waals surface area contributed by atoms with Gasteiger partial charge in [-0.1, -0.05) is 26.0 Å². The highest BCUT2D eigenvalue weighted by Gasteiger charge is 2.31. The molecule has 1 unspecified atom stereocenters. The number of carboxylic acid groups (broad SMARTS) is 1. The third kappa shape index (κ3) is 4.21. The number of aliphatic carboxylic acids is 1. The minimum atomic E-state index is -0.873. The van der Waals surface area contributed by atoms with Crippen LogP contribution in [0.5, 0.6) is 0 Å². The molecule has 1 aromatic heterocycles. The molecule has 7 nitrogen and oxygen atoms in total. The van der Waals surface area contributed by atoms with Crippen molar-refractivity contribution in [3.8, 4) is 5.69 Å². The lowest BCUT2D eigenvalue weighted by Gasteiger charge is -2.34. The fourth-order valence-electron chi connectivity index (χ4n) is 3.58. The Morgan fingerprint density at radius 2 is 2.04 bits per heavy atom. The molecule has 1 saturated heterocycles. The van der Waals surface area contributed by atoms with Gasteiger partial charge in [-0.2, -0.15) is 0 Å². The summed E-state index contributed by atoms with van der Waals surface area (Å²) in [4.78, 5) is 30.1. The number of amides is 1. The number of para-hydroxylation sites is 1. The van der Waals surface area contributed by atoms with Gasteiger partial charge in [0.15, 0.2) is 0 Å². The SMILES string of the molecule is CC(C)c1nc(C(=O)N2CCCCC2CCC(=O)O)nn1-c1ccccc1F. The van der Waals surface area contributed by atoms with Gasteiger partial charge in [0.25, 0.3) is 5.91 Å². The summed E-state index contributed by atoms with van der Waals surface area (Å²) < 4.78 is 15.7. The molecule has 1 amide bonds. The third-order valence-electron chi connectivity index (χ3n) is 5.00. The van der Waals surface area contributed by atoms with E-state index in [1.54, 1.807) is 23.1 Å². The Morgan fingerprint density at radius 1 is 1.29 bits per heavy atom. The standard InChI is InChI=1S/C20H25FN4O3/c1-13(2)19-22-18(23-25(19)16-9-4-3-8-15(16)21)20(28)24-12-6-5-7-14(24)10-11-17(26)27/h3-4,8-9,13-14H,5-7,10-12H2,1-2H3,(H,26,27). The molecule has 0 saturated carbocycles. The van der Waals surface area contributed by atoms with Crippen molar-refractivity contribution in [2.45, 2.75) is 57.9 Å². The van der Waals surface area contributed by atoms with E-state index in [1.807, 2.05) is 13.8 Å². The molecule has 0 aliphatic carbocycles. The fourth-order valence-corrected chi connectivity index (χ4v) is 3.58. The highest BCUT2D eigenvalue weighted by atomic mass is 19.1. The predicted molar refractivity (Wildman–Crippen MR) is 101 cm³/mol. The topological polar surface area (TPSA) is 88.3 Å². The number of hydrogen-bond acceptors (Lipinski definition) is 4. The first-order valence-corrected chi connectivity index (χ1v) is 9.63. The number of halogens is 1. The van der Waals surface area contributed by atoms with Crippen LogP contribution in [0.3, 0.4) is 0 Å². The lowest BCUT2D eigenvalue weighted by atomic mass is 9.98. The van der Waals surface area contributed by atoms with Crippen molar-refractivity contribution in [3.63, 3.8) is 0 Å². The second-order valence-corrected chi connectivity index (χ2v) is 7.39. The van der Waals surface area contributed by atoms with Crippen LogP contribution in [0.1, 0.15) is 68.3 Å². The first-order valence-electron chi connectivity index (χ1n) is 9.63. The largest absolute Gasteiger partial charge is 0.481 e. The van der Waals surface area contributed by atoms with Crippen LogP contribution in [0.2, 0.25) is 0 Å². The molecule has 0 bridgehead atoms. The number of carbonyl (C=O) groups is 2. The van der Waals surface area contributed by atoms with Crippen LogP contribution in [-0.2, 0) is 4.79 Å². The van der Waals surface area contributed by atoms with Gasteiger partial charge in [0.2, 0.25) is 5.82 Å². The van der Waals surface area contributed by atoms with Crippen molar-refractivity contribution in [2.24, 2.45) is 0 Å². The highest BCUT2D eigenvalue weighted by molar-refractivity contribution is 5.90. The van der Waals surface area contributed by atoms with Crippen LogP contribution in [0.25, 0.3) is 5.69 Å². The average Bonchev–Trinajstić information content (AvgIpc) is 3.12. The van der Waals surface area contributed by atoms with Crippen LogP contribution in [-0.4, -0.2) is 49.2 Å². The van der Waals surface area contributed by atoms with Crippen LogP contribution in [0.4, 0.5) is 4.39 Å². The van der Waals surface area contributed by atoms with Crippen LogP contribution < -0.4 is 0 Å². The van der Waals surface area contributed by atoms with Crippen LogP contribution in [0, 0.1) is 5.82 Å². The van der Waals surface area contributed by atoms with Crippen molar-refractivity contribution >= 4 is 11.9 Å². The Kier molecular flexibility index (Phi) is 6.06. The van der Waals surface area contributed by atoms with E-state index >= 15 is 0 Å². The smallest absolute Gasteiger partial charge is 0.303 e. The third-order valence-corrected chi connectivity index (χ3v) is 5.00. The number of nitrogens with zero attached hydrogens (tertiary/aromatic N) is 4. The minimum absolute atomic E-state index is 0.0167. The van der Waals surface area contributed by atoms with Gasteiger partial charge in [-0.15, -0.1) is 5.10 Å². The lowest BCUT2D eigenvalue weighted by Crippen LogP contribution is -2.44. The first-order chi connectivity index (χ1) is 13.4. The van der Waals surface area contributed by atoms with E-state index in [0.717, 1.165) is 19.3 Å². The van der Waals surface area contributed by atoms with Crippen LogP contribution in [0.15, 0.2) is 24.3 Å². The fraction of sp³-hybridized carbons (Fsp3) is 0.500. The number of hydrogen-bond donors (Lipinski definition) is 1. The Bertz CT molecular complexity index is 865. The molecule has 1 N–H and O–H groups in total. The van der Waals surface area contributed by atoms with Gasteiger partial charge in [-0.3, -0.25) is 9.59 Å². The number of likely N-dealkylation sites (tertiary alicyclic amines) is 1. The summed E-state index contributed by atoms with van der Waals surface area (Å²) in [6.45, 7) is 4.37. The average molecular weight is 388 g/mol. The molecule has 3 rings (SSSR count). The van der Waals surface area contributed by atoms with E-state index in [4.69, 9.17) is 5.11 Å². The van der Waals surface area contributed by atoms with E-state index < -0.39 is 11.8 Å². The maximum Gasteiger partial charge on any atom is 0.303 e. The van der Waals surface area contributed by atoms with Gasteiger partial charge in [-0.25, -0.2) is 14.1 Å². The summed E-state index contributed by atoms with van der Waals surface area (Å²) in [5, 5.41) is 13.3. The first kappa shape index (κ1) is 20.0. The molecular formula is C20H25FN4O3. The number of aromatic nitrogens is 3. The van der Waals surface area contributed by atoms with E-state index in [9.17, 15) is 14.0 Å². The molecule has 1 aromatic carbocycles. The molecule has 150 valence electrons. The zero-order valence-electron chi connectivity index (χ0n) is 16.1. The Hall–Kier alpha value is -2.77. The van der Waals surface area contributed by atoms with E-state index in [1.165, 1.54) is 10.7 Å². The summed E-state index contributed by atoms with van der Waals surface area (Å²) >= 11 is 0. The second kappa shape index (κ2) is 8.50. The molecule has 2 aromatic rings. The minimum Gasteiger partial charge on any atom is -0.481 e. The van der Waals surface area contributed by atoms with Crippen molar-refractivity contribution in [2.75, 3.05) is 6.54 Å². The molecule has 2 heterocycles. The molecular weight excluding hydrogens is 363 g/mol. The zero-order valence-corrected chi connectivity index (χ0v) is 16.1. The van der Waals surface area contributed by atoms with Gasteiger partial charge in [-0.05, 0) is 37.8 Å². The molecule has 0 spiro atoms. The van der Waals surface area contributed by atoms with E-state index in [2.05, 4.69) is 10.1 Å². The maximum atomic E-state index is 14.3. The van der Waals surface area contributed by atoms with Gasteiger partial charge < -0.3 is 10.0 Å². The van der Waals surface area contributed by atoms with Gasteiger partial charge in [0, 0.05) is 24.9 Å². The molecule has 1 fully saturated rings. The predicted octanol–water partition coefficient (Wildman–Crippen LogP) is 3.39. The Morgan fingerprint density at radius 3 is 2.71 bits per heavy atom. The lowest BCUT2D eigenvalue weighted by molar-refractivity contribution is -0.137. The molecule has 1 atom stereocenters. The summed E-state index contributed by atoms with van der Waals surface area (Å²) in [7, 11) is 0. The number of rotatable bonds is 6. The monoisotopic (exact) mass is 388 g/mol. The molecule has 1 aliphatic rings. The number of benzene rings is 1. The van der Waals surface area contributed by atoms with Gasteiger partial charge in [0.1, 0.15) is 17.3 Å². The highest BCUT2D eigenvalue weighted by Crippen LogP contribution is 2.24. The van der Waals surface area contributed by atoms with E-state index in [0.29, 0.717) is 18.8 Å². The van der Waals surface area contributed by atoms with Gasteiger partial charge in [0.05, 0.1) is 0 Å². The van der Waals surface area contributed by atoms with Crippen molar-refractivity contribution in [1.82, 2.24) is 19.7 Å². The summed E-state index contributed by atoms with van der Waals surface area (Å²) in [5.41, 5.74) is 0.249. The number of carboxylic acids is 1. The normalized spacial score (nSPS) is 17.1. The Balaban J connectivity index is 1.92. The van der Waals surface area contributed by atoms with Gasteiger partial charge >= 0.3 is 5.97 Å². The van der Waals surface area contributed by atoms with Crippen LogP contribution >= 0.6 is 0 Å². The Labute approximate surface area is 163 Å². The van der Waals surface area contributed by atoms with Crippen molar-refractivity contribution < 1.29 is 19.1 Å². The molecule has 1 aliphatic heterocycles. The summed E-state index contributed by atoms with van der Waals surface area (Å²) in [6.07, 6.45) is 3.02. The molecule has 28 heavy (non-hydrogen) atoms. The zero-order chi connectivity index (χ0) is 20.3. The number of piperidine rings is 1. The summed E-state index contributed by atoms with van der Waals surface area (Å²) in [5.74, 6) is -1.17. The second-order valence-electron chi connectivity index (χ2n) is 7.39. The molecule has 0 radical (unpaired) electrons. The maximum absolute atomic E-state index is 14.3. The quantitative estimate of drug-likeness (QED) is 0.819. The van der Waals surface area contributed by atoms with Crippen molar-refractivity contribution in [3.05, 3.63) is 41.7 Å². The summed E-state index contributed by atoms with van der Waals surface area (Å²) in [6, 6.07) is 6.10. The van der Waals surface area contributed by atoms with Crippen molar-refractivity contribution in [1.29, 1.82) is 0 Å². The van der Waals surface area contributed by atoms with E-state index in [-0.39, 0.29) is 35.8 Å². The molecule has 8 heteroatoms.